The van der Waals surface area contributed by atoms with Gasteiger partial charge in [0.2, 0.25) is 0 Å². The second-order valence-corrected chi connectivity index (χ2v) is 5.48. The van der Waals surface area contributed by atoms with Crippen LogP contribution in [0, 0.1) is 5.92 Å². The molecule has 4 nitrogen and oxygen atoms in total. The summed E-state index contributed by atoms with van der Waals surface area (Å²) < 4.78 is 10.7. The summed E-state index contributed by atoms with van der Waals surface area (Å²) in [6.45, 7) is 4.35. The molecule has 0 aromatic carbocycles. The molecule has 3 atom stereocenters. The quantitative estimate of drug-likeness (QED) is 0.718. The number of hydrogen-bond acceptors (Lipinski definition) is 4. The Morgan fingerprint density at radius 1 is 1.28 bits per heavy atom. The molecular formula is C14H25NO3. The normalized spacial score (nSPS) is 32.9. The van der Waals surface area contributed by atoms with Crippen LogP contribution in [0.25, 0.3) is 0 Å². The zero-order chi connectivity index (χ0) is 13.0. The van der Waals surface area contributed by atoms with Gasteiger partial charge in [-0.3, -0.25) is 9.69 Å². The van der Waals surface area contributed by atoms with Gasteiger partial charge in [0, 0.05) is 39.1 Å². The number of carbonyl (C=O) groups is 1. The van der Waals surface area contributed by atoms with E-state index in [-0.39, 0.29) is 12.1 Å². The zero-order valence-corrected chi connectivity index (χ0v) is 11.6. The number of methoxy groups -OCH3 is 1. The molecule has 0 unspecified atom stereocenters. The molecule has 1 saturated heterocycles. The van der Waals surface area contributed by atoms with E-state index in [1.54, 1.807) is 7.11 Å². The van der Waals surface area contributed by atoms with Crippen LogP contribution in [0.1, 0.15) is 39.0 Å². The predicted molar refractivity (Wildman–Crippen MR) is 69.4 cm³/mol. The molecule has 0 spiro atoms. The van der Waals surface area contributed by atoms with Crippen LogP contribution in [0.5, 0.6) is 0 Å². The number of likely N-dealkylation sites (tertiary alicyclic amines) is 1. The Morgan fingerprint density at radius 3 is 2.78 bits per heavy atom. The first-order valence-corrected chi connectivity index (χ1v) is 7.12. The first kappa shape index (κ1) is 13.8. The molecule has 1 aliphatic heterocycles. The average molecular weight is 255 g/mol. The molecule has 0 aromatic heterocycles. The van der Waals surface area contributed by atoms with Crippen molar-refractivity contribution >= 4 is 5.97 Å². The van der Waals surface area contributed by atoms with Crippen LogP contribution in [0.2, 0.25) is 0 Å². The number of nitrogens with zero attached hydrogens (tertiary/aromatic N) is 1. The first-order chi connectivity index (χ1) is 8.72. The number of carbonyl (C=O) groups excluding carboxylic acids is 1. The highest BCUT2D eigenvalue weighted by Gasteiger charge is 2.40. The Kier molecular flexibility index (Phi) is 5.01. The SMILES string of the molecule is COCCN1CC[C@@H](OC(C)=O)[C@H]2CCCC[C@@H]21. The van der Waals surface area contributed by atoms with Crippen LogP contribution in [0.4, 0.5) is 0 Å². The van der Waals surface area contributed by atoms with Crippen LogP contribution in [-0.4, -0.2) is 49.8 Å². The fourth-order valence-electron chi connectivity index (χ4n) is 3.55. The first-order valence-electron chi connectivity index (χ1n) is 7.12. The molecule has 18 heavy (non-hydrogen) atoms. The smallest absolute Gasteiger partial charge is 0.302 e. The van der Waals surface area contributed by atoms with Gasteiger partial charge in [0.15, 0.2) is 0 Å². The van der Waals surface area contributed by atoms with Crippen molar-refractivity contribution in [3.05, 3.63) is 0 Å². The van der Waals surface area contributed by atoms with Gasteiger partial charge >= 0.3 is 5.97 Å². The van der Waals surface area contributed by atoms with Gasteiger partial charge in [0.1, 0.15) is 6.10 Å². The van der Waals surface area contributed by atoms with Crippen molar-refractivity contribution in [2.45, 2.75) is 51.2 Å². The molecular weight excluding hydrogens is 230 g/mol. The fourth-order valence-corrected chi connectivity index (χ4v) is 3.55. The third-order valence-corrected chi connectivity index (χ3v) is 4.33. The molecule has 1 saturated carbocycles. The molecule has 0 N–H and O–H groups in total. The lowest BCUT2D eigenvalue weighted by Crippen LogP contribution is -2.54. The van der Waals surface area contributed by atoms with Crippen molar-refractivity contribution in [3.8, 4) is 0 Å². The summed E-state index contributed by atoms with van der Waals surface area (Å²) >= 11 is 0. The number of rotatable bonds is 4. The van der Waals surface area contributed by atoms with Gasteiger partial charge in [-0.25, -0.2) is 0 Å². The lowest BCUT2D eigenvalue weighted by molar-refractivity contribution is -0.156. The number of esters is 1. The highest BCUT2D eigenvalue weighted by atomic mass is 16.5. The molecule has 0 amide bonds. The van der Waals surface area contributed by atoms with Crippen LogP contribution in [0.3, 0.4) is 0 Å². The summed E-state index contributed by atoms with van der Waals surface area (Å²) in [4.78, 5) is 13.7. The number of ether oxygens (including phenoxy) is 2. The van der Waals surface area contributed by atoms with E-state index in [1.165, 1.54) is 32.6 Å². The van der Waals surface area contributed by atoms with Gasteiger partial charge in [-0.2, -0.15) is 0 Å². The van der Waals surface area contributed by atoms with E-state index >= 15 is 0 Å². The van der Waals surface area contributed by atoms with Gasteiger partial charge in [0.05, 0.1) is 6.61 Å². The lowest BCUT2D eigenvalue weighted by atomic mass is 9.76. The van der Waals surface area contributed by atoms with Crippen LogP contribution in [-0.2, 0) is 14.3 Å². The number of piperidine rings is 1. The second kappa shape index (κ2) is 6.53. The molecule has 104 valence electrons. The van der Waals surface area contributed by atoms with Crippen molar-refractivity contribution < 1.29 is 14.3 Å². The standard InChI is InChI=1S/C14H25NO3/c1-11(16)18-14-7-8-15(9-10-17-2)13-6-4-3-5-12(13)14/h12-14H,3-10H2,1-2H3/t12-,13-,14+/m0/s1. The maximum absolute atomic E-state index is 11.2. The van der Waals surface area contributed by atoms with Crippen molar-refractivity contribution in [1.82, 2.24) is 4.90 Å². The second-order valence-electron chi connectivity index (χ2n) is 5.48. The Hall–Kier alpha value is -0.610. The Bertz CT molecular complexity index is 282. The summed E-state index contributed by atoms with van der Waals surface area (Å²) in [5, 5.41) is 0. The third-order valence-electron chi connectivity index (χ3n) is 4.33. The lowest BCUT2D eigenvalue weighted by Gasteiger charge is -2.47. The van der Waals surface area contributed by atoms with Crippen molar-refractivity contribution in [3.63, 3.8) is 0 Å². The van der Waals surface area contributed by atoms with Crippen LogP contribution in [0.15, 0.2) is 0 Å². The van der Waals surface area contributed by atoms with Gasteiger partial charge in [0.25, 0.3) is 0 Å². The van der Waals surface area contributed by atoms with Crippen molar-refractivity contribution in [1.29, 1.82) is 0 Å². The van der Waals surface area contributed by atoms with Gasteiger partial charge in [-0.15, -0.1) is 0 Å². The van der Waals surface area contributed by atoms with E-state index in [4.69, 9.17) is 9.47 Å². The largest absolute Gasteiger partial charge is 0.462 e. The molecule has 2 aliphatic rings. The van der Waals surface area contributed by atoms with E-state index in [9.17, 15) is 4.79 Å². The summed E-state index contributed by atoms with van der Waals surface area (Å²) in [6.07, 6.45) is 6.14. The average Bonchev–Trinajstić information content (AvgIpc) is 2.37. The minimum absolute atomic E-state index is 0.130. The molecule has 4 heteroatoms. The summed E-state index contributed by atoms with van der Waals surface area (Å²) in [7, 11) is 1.75. The highest BCUT2D eigenvalue weighted by molar-refractivity contribution is 5.66. The summed E-state index contributed by atoms with van der Waals surface area (Å²) in [5.41, 5.74) is 0. The van der Waals surface area contributed by atoms with Gasteiger partial charge in [-0.05, 0) is 19.3 Å². The summed E-state index contributed by atoms with van der Waals surface area (Å²) in [6, 6.07) is 0.590. The molecule has 2 fully saturated rings. The molecule has 0 radical (unpaired) electrons. The topological polar surface area (TPSA) is 38.8 Å². The maximum Gasteiger partial charge on any atom is 0.302 e. The van der Waals surface area contributed by atoms with E-state index in [1.807, 2.05) is 0 Å². The van der Waals surface area contributed by atoms with E-state index < -0.39 is 0 Å². The molecule has 0 bridgehead atoms. The van der Waals surface area contributed by atoms with Gasteiger partial charge < -0.3 is 9.47 Å². The molecule has 1 aliphatic carbocycles. The Morgan fingerprint density at radius 2 is 2.06 bits per heavy atom. The summed E-state index contributed by atoms with van der Waals surface area (Å²) in [5.74, 6) is 0.405. The minimum atomic E-state index is -0.130. The number of fused-ring (bicyclic) bond motifs is 1. The zero-order valence-electron chi connectivity index (χ0n) is 11.6. The third kappa shape index (κ3) is 3.23. The number of hydrogen-bond donors (Lipinski definition) is 0. The Labute approximate surface area is 110 Å². The Balaban J connectivity index is 1.98. The molecule has 1 heterocycles. The van der Waals surface area contributed by atoms with Crippen molar-refractivity contribution in [2.75, 3.05) is 26.8 Å². The van der Waals surface area contributed by atoms with Crippen molar-refractivity contribution in [2.24, 2.45) is 5.92 Å². The minimum Gasteiger partial charge on any atom is -0.462 e. The van der Waals surface area contributed by atoms with E-state index in [0.29, 0.717) is 12.0 Å². The molecule has 0 aromatic rings. The van der Waals surface area contributed by atoms with E-state index in [2.05, 4.69) is 4.90 Å². The van der Waals surface area contributed by atoms with Gasteiger partial charge in [-0.1, -0.05) is 12.8 Å². The monoisotopic (exact) mass is 255 g/mol. The van der Waals surface area contributed by atoms with Crippen LogP contribution < -0.4 is 0 Å². The highest BCUT2D eigenvalue weighted by Crippen LogP contribution is 2.36. The maximum atomic E-state index is 11.2. The van der Waals surface area contributed by atoms with Crippen LogP contribution >= 0.6 is 0 Å². The fraction of sp³-hybridized carbons (Fsp3) is 0.929. The predicted octanol–water partition coefficient (Wildman–Crippen LogP) is 1.83. The molecule has 2 rings (SSSR count). The van der Waals surface area contributed by atoms with E-state index in [0.717, 1.165) is 26.1 Å².